The highest BCUT2D eigenvalue weighted by Gasteiger charge is 2.35. The van der Waals surface area contributed by atoms with Gasteiger partial charge in [0.1, 0.15) is 0 Å². The molecule has 2 heterocycles. The van der Waals surface area contributed by atoms with Gasteiger partial charge in [0.05, 0.1) is 22.1 Å². The van der Waals surface area contributed by atoms with Crippen molar-refractivity contribution in [1.82, 2.24) is 14.7 Å². The number of carbonyl (C=O) groups is 1. The van der Waals surface area contributed by atoms with E-state index < -0.39 is 14.8 Å². The van der Waals surface area contributed by atoms with E-state index in [1.807, 2.05) is 6.92 Å². The SMILES string of the molecule is CCCCN(C(=O)c1ccn(-c2ccc([N+](=O)[O-])cc2)n1)C1CCS(=O)(=O)C1. The number of sulfone groups is 1. The second-order valence-electron chi connectivity index (χ2n) is 6.83. The highest BCUT2D eigenvalue weighted by molar-refractivity contribution is 7.91. The van der Waals surface area contributed by atoms with E-state index in [0.717, 1.165) is 12.8 Å². The summed E-state index contributed by atoms with van der Waals surface area (Å²) in [5.74, 6) is -0.202. The Balaban J connectivity index is 1.81. The molecular weight excluding hydrogens is 384 g/mol. The van der Waals surface area contributed by atoms with Gasteiger partial charge in [-0.15, -0.1) is 0 Å². The number of rotatable bonds is 7. The van der Waals surface area contributed by atoms with E-state index in [1.54, 1.807) is 29.3 Å². The second kappa shape index (κ2) is 8.09. The molecule has 0 N–H and O–H groups in total. The van der Waals surface area contributed by atoms with Gasteiger partial charge in [-0.05, 0) is 31.0 Å². The van der Waals surface area contributed by atoms with Crippen molar-refractivity contribution in [3.63, 3.8) is 0 Å². The zero-order chi connectivity index (χ0) is 20.3. The van der Waals surface area contributed by atoms with Crippen LogP contribution < -0.4 is 0 Å². The van der Waals surface area contributed by atoms with Gasteiger partial charge in [-0.3, -0.25) is 14.9 Å². The van der Waals surface area contributed by atoms with E-state index in [0.29, 0.717) is 18.7 Å². The molecule has 0 radical (unpaired) electrons. The summed E-state index contributed by atoms with van der Waals surface area (Å²) >= 11 is 0. The smallest absolute Gasteiger partial charge is 0.274 e. The molecule has 0 saturated carbocycles. The van der Waals surface area contributed by atoms with Crippen molar-refractivity contribution in [2.75, 3.05) is 18.1 Å². The predicted molar refractivity (Wildman–Crippen MR) is 103 cm³/mol. The van der Waals surface area contributed by atoms with E-state index in [-0.39, 0.29) is 34.8 Å². The normalized spacial score (nSPS) is 18.1. The van der Waals surface area contributed by atoms with Gasteiger partial charge in [0.15, 0.2) is 15.5 Å². The molecule has 1 amide bonds. The molecule has 28 heavy (non-hydrogen) atoms. The van der Waals surface area contributed by atoms with Crippen molar-refractivity contribution in [1.29, 1.82) is 0 Å². The summed E-state index contributed by atoms with van der Waals surface area (Å²) in [5.41, 5.74) is 0.785. The van der Waals surface area contributed by atoms with E-state index in [2.05, 4.69) is 5.10 Å². The summed E-state index contributed by atoms with van der Waals surface area (Å²) in [5, 5.41) is 15.1. The molecule has 9 nitrogen and oxygen atoms in total. The molecular formula is C18H22N4O5S. The lowest BCUT2D eigenvalue weighted by Crippen LogP contribution is -2.42. The molecule has 1 atom stereocenters. The molecule has 0 aliphatic carbocycles. The number of aromatic nitrogens is 2. The maximum absolute atomic E-state index is 13.0. The first-order valence-electron chi connectivity index (χ1n) is 9.12. The Morgan fingerprint density at radius 3 is 2.61 bits per heavy atom. The molecule has 1 aromatic heterocycles. The molecule has 2 aromatic rings. The number of hydrogen-bond donors (Lipinski definition) is 0. The summed E-state index contributed by atoms with van der Waals surface area (Å²) in [6.07, 6.45) is 3.73. The van der Waals surface area contributed by atoms with Crippen LogP contribution in [0.3, 0.4) is 0 Å². The molecule has 1 aromatic carbocycles. The summed E-state index contributed by atoms with van der Waals surface area (Å²) in [4.78, 5) is 24.9. The summed E-state index contributed by atoms with van der Waals surface area (Å²) in [6.45, 7) is 2.50. The largest absolute Gasteiger partial charge is 0.333 e. The van der Waals surface area contributed by atoms with E-state index in [9.17, 15) is 23.3 Å². The summed E-state index contributed by atoms with van der Waals surface area (Å²) in [6, 6.07) is 7.10. The Labute approximate surface area is 163 Å². The zero-order valence-electron chi connectivity index (χ0n) is 15.5. The highest BCUT2D eigenvalue weighted by Crippen LogP contribution is 2.21. The van der Waals surface area contributed by atoms with Crippen molar-refractivity contribution in [2.24, 2.45) is 0 Å². The number of non-ortho nitro benzene ring substituents is 1. The second-order valence-corrected chi connectivity index (χ2v) is 9.06. The molecule has 10 heteroatoms. The fourth-order valence-electron chi connectivity index (χ4n) is 3.26. The molecule has 1 aliphatic rings. The quantitative estimate of drug-likeness (QED) is 0.514. The number of unbranched alkanes of at least 4 members (excludes halogenated alkanes) is 1. The summed E-state index contributed by atoms with van der Waals surface area (Å²) < 4.78 is 25.1. The van der Waals surface area contributed by atoms with E-state index >= 15 is 0 Å². The fraction of sp³-hybridized carbons (Fsp3) is 0.444. The van der Waals surface area contributed by atoms with Crippen LogP contribution in [0, 0.1) is 10.1 Å². The van der Waals surface area contributed by atoms with Gasteiger partial charge >= 0.3 is 0 Å². The van der Waals surface area contributed by atoms with Crippen molar-refractivity contribution in [2.45, 2.75) is 32.2 Å². The average molecular weight is 406 g/mol. The number of carbonyl (C=O) groups excluding carboxylic acids is 1. The third kappa shape index (κ3) is 4.38. The maximum Gasteiger partial charge on any atom is 0.274 e. The third-order valence-corrected chi connectivity index (χ3v) is 6.55. The van der Waals surface area contributed by atoms with Gasteiger partial charge in [-0.2, -0.15) is 5.10 Å². The molecule has 1 unspecified atom stereocenters. The lowest BCUT2D eigenvalue weighted by Gasteiger charge is -2.27. The Kier molecular flexibility index (Phi) is 5.78. The van der Waals surface area contributed by atoms with E-state index in [4.69, 9.17) is 0 Å². The molecule has 150 valence electrons. The van der Waals surface area contributed by atoms with Crippen LogP contribution in [0.4, 0.5) is 5.69 Å². The molecule has 0 spiro atoms. The predicted octanol–water partition coefficient (Wildman–Crippen LogP) is 2.21. The van der Waals surface area contributed by atoms with Gasteiger partial charge in [-0.25, -0.2) is 13.1 Å². The first kappa shape index (κ1) is 20.0. The van der Waals surface area contributed by atoms with Crippen molar-refractivity contribution >= 4 is 21.4 Å². The average Bonchev–Trinajstić information content (AvgIpc) is 3.29. The Morgan fingerprint density at radius 2 is 2.04 bits per heavy atom. The van der Waals surface area contributed by atoms with Crippen molar-refractivity contribution < 1.29 is 18.1 Å². The number of nitro benzene ring substituents is 1. The topological polar surface area (TPSA) is 115 Å². The standard InChI is InChI=1S/C18H22N4O5S/c1-2-3-10-20(16-9-12-28(26,27)13-16)18(23)17-8-11-21(19-17)14-4-6-15(7-5-14)22(24)25/h4-8,11,16H,2-3,9-10,12-13H2,1H3. The number of benzene rings is 1. The fourth-order valence-corrected chi connectivity index (χ4v) is 4.99. The molecule has 3 rings (SSSR count). The zero-order valence-corrected chi connectivity index (χ0v) is 16.3. The summed E-state index contributed by atoms with van der Waals surface area (Å²) in [7, 11) is -3.10. The Hall–Kier alpha value is -2.75. The van der Waals surface area contributed by atoms with Gasteiger partial charge in [-0.1, -0.05) is 13.3 Å². The van der Waals surface area contributed by atoms with Crippen LogP contribution in [0.15, 0.2) is 36.5 Å². The van der Waals surface area contributed by atoms with E-state index in [1.165, 1.54) is 16.8 Å². The lowest BCUT2D eigenvalue weighted by molar-refractivity contribution is -0.384. The van der Waals surface area contributed by atoms with Gasteiger partial charge < -0.3 is 4.90 Å². The van der Waals surface area contributed by atoms with Gasteiger partial charge in [0, 0.05) is 30.9 Å². The first-order valence-corrected chi connectivity index (χ1v) is 10.9. The monoisotopic (exact) mass is 406 g/mol. The molecule has 1 fully saturated rings. The van der Waals surface area contributed by atoms with Gasteiger partial charge in [0.25, 0.3) is 11.6 Å². The Morgan fingerprint density at radius 1 is 1.32 bits per heavy atom. The third-order valence-electron chi connectivity index (χ3n) is 4.80. The van der Waals surface area contributed by atoms with Crippen molar-refractivity contribution in [3.05, 3.63) is 52.3 Å². The minimum absolute atomic E-state index is 0.00842. The Bertz CT molecular complexity index is 968. The number of nitro groups is 1. The van der Waals surface area contributed by atoms with Crippen LogP contribution in [-0.4, -0.2) is 58.0 Å². The maximum atomic E-state index is 13.0. The van der Waals surface area contributed by atoms with Gasteiger partial charge in [0.2, 0.25) is 0 Å². The first-order chi connectivity index (χ1) is 13.3. The van der Waals surface area contributed by atoms with Crippen LogP contribution >= 0.6 is 0 Å². The van der Waals surface area contributed by atoms with Crippen LogP contribution in [0.2, 0.25) is 0 Å². The van der Waals surface area contributed by atoms with Crippen molar-refractivity contribution in [3.8, 4) is 5.69 Å². The van der Waals surface area contributed by atoms with Crippen LogP contribution in [-0.2, 0) is 9.84 Å². The minimum Gasteiger partial charge on any atom is -0.333 e. The molecule has 1 aliphatic heterocycles. The minimum atomic E-state index is -3.10. The molecule has 0 bridgehead atoms. The van der Waals surface area contributed by atoms with Crippen LogP contribution in [0.5, 0.6) is 0 Å². The van der Waals surface area contributed by atoms with Crippen LogP contribution in [0.1, 0.15) is 36.7 Å². The lowest BCUT2D eigenvalue weighted by atomic mass is 10.2. The molecule has 1 saturated heterocycles. The number of nitrogens with zero attached hydrogens (tertiary/aromatic N) is 4. The number of hydrogen-bond acceptors (Lipinski definition) is 6. The number of amides is 1. The van der Waals surface area contributed by atoms with Crippen LogP contribution in [0.25, 0.3) is 5.69 Å². The highest BCUT2D eigenvalue weighted by atomic mass is 32.2.